The summed E-state index contributed by atoms with van der Waals surface area (Å²) in [5, 5.41) is 0. The molecule has 26 heavy (non-hydrogen) atoms. The summed E-state index contributed by atoms with van der Waals surface area (Å²) in [5.41, 5.74) is 1.33. The van der Waals surface area contributed by atoms with E-state index in [0.29, 0.717) is 0 Å². The Balaban J connectivity index is 2.20. The van der Waals surface area contributed by atoms with Gasteiger partial charge in [-0.05, 0) is 24.3 Å². The van der Waals surface area contributed by atoms with Crippen LogP contribution >= 0.6 is 0 Å². The van der Waals surface area contributed by atoms with Gasteiger partial charge in [-0.3, -0.25) is 0 Å². The summed E-state index contributed by atoms with van der Waals surface area (Å²) < 4.78 is 0. The van der Waals surface area contributed by atoms with Gasteiger partial charge in [-0.1, -0.05) is 140 Å². The third-order valence-electron chi connectivity index (χ3n) is 5.52. The molecule has 148 valence electrons. The predicted octanol–water partition coefficient (Wildman–Crippen LogP) is 9.21. The van der Waals surface area contributed by atoms with Crippen LogP contribution in [-0.4, -0.2) is 0 Å². The van der Waals surface area contributed by atoms with Crippen molar-refractivity contribution in [3.05, 3.63) is 42.0 Å². The van der Waals surface area contributed by atoms with Crippen LogP contribution in [0.5, 0.6) is 0 Å². The summed E-state index contributed by atoms with van der Waals surface area (Å²) in [6.07, 6.45) is 25.9. The third kappa shape index (κ3) is 13.2. The molecular formula is C26H44. The highest BCUT2D eigenvalue weighted by Gasteiger charge is 2.08. The molecule has 0 bridgehead atoms. The first-order valence-electron chi connectivity index (χ1n) is 11.6. The predicted molar refractivity (Wildman–Crippen MR) is 120 cm³/mol. The largest absolute Gasteiger partial charge is 0.0839 e. The molecule has 0 aromatic heterocycles. The van der Waals surface area contributed by atoms with E-state index in [2.05, 4.69) is 56.3 Å². The van der Waals surface area contributed by atoms with Crippen molar-refractivity contribution in [3.8, 4) is 0 Å². The van der Waals surface area contributed by atoms with Crippen molar-refractivity contribution in [3.63, 3.8) is 0 Å². The average Bonchev–Trinajstić information content (AvgIpc) is 2.67. The van der Waals surface area contributed by atoms with Crippen LogP contribution in [0.25, 0.3) is 6.08 Å². The first-order chi connectivity index (χ1) is 12.9. The molecule has 0 nitrogen and oxygen atoms in total. The molecule has 0 saturated heterocycles. The smallest absolute Gasteiger partial charge is 0.0260 e. The van der Waals surface area contributed by atoms with Gasteiger partial charge in [-0.25, -0.2) is 0 Å². The maximum Gasteiger partial charge on any atom is -0.0260 e. The third-order valence-corrected chi connectivity index (χ3v) is 5.52. The van der Waals surface area contributed by atoms with Crippen molar-refractivity contribution >= 4 is 6.08 Å². The molecule has 0 aliphatic heterocycles. The molecular weight excluding hydrogens is 312 g/mol. The fraction of sp³-hybridized carbons (Fsp3) is 0.692. The number of rotatable bonds is 17. The van der Waals surface area contributed by atoms with Crippen LogP contribution in [0.1, 0.15) is 116 Å². The molecule has 1 rings (SSSR count). The Kier molecular flexibility index (Phi) is 15.4. The number of unbranched alkanes of at least 4 members (excludes halogenated alkanes) is 9. The summed E-state index contributed by atoms with van der Waals surface area (Å²) in [6, 6.07) is 10.7. The van der Waals surface area contributed by atoms with E-state index in [0.717, 1.165) is 5.92 Å². The topological polar surface area (TPSA) is 0 Å². The van der Waals surface area contributed by atoms with Crippen molar-refractivity contribution in [2.75, 3.05) is 0 Å². The van der Waals surface area contributed by atoms with Gasteiger partial charge in [-0.15, -0.1) is 0 Å². The summed E-state index contributed by atoms with van der Waals surface area (Å²) in [4.78, 5) is 0. The molecule has 0 heterocycles. The normalized spacial score (nSPS) is 12.7. The van der Waals surface area contributed by atoms with Crippen molar-refractivity contribution in [2.24, 2.45) is 5.92 Å². The number of hydrogen-bond acceptors (Lipinski definition) is 0. The molecule has 0 fully saturated rings. The Morgan fingerprint density at radius 2 is 1.19 bits per heavy atom. The van der Waals surface area contributed by atoms with Crippen molar-refractivity contribution in [1.29, 1.82) is 0 Å². The van der Waals surface area contributed by atoms with Crippen LogP contribution in [0.15, 0.2) is 36.4 Å². The Morgan fingerprint density at radius 1 is 0.654 bits per heavy atom. The zero-order valence-corrected chi connectivity index (χ0v) is 17.7. The minimum absolute atomic E-state index is 0.975. The quantitative estimate of drug-likeness (QED) is 0.244. The van der Waals surface area contributed by atoms with Gasteiger partial charge in [0.25, 0.3) is 0 Å². The van der Waals surface area contributed by atoms with E-state index < -0.39 is 0 Å². The van der Waals surface area contributed by atoms with Crippen LogP contribution < -0.4 is 0 Å². The minimum atomic E-state index is 0.975. The lowest BCUT2D eigenvalue weighted by molar-refractivity contribution is 0.374. The van der Waals surface area contributed by atoms with Crippen LogP contribution in [0.2, 0.25) is 0 Å². The minimum Gasteiger partial charge on any atom is -0.0839 e. The Labute approximate surface area is 164 Å². The molecule has 1 unspecified atom stereocenters. The van der Waals surface area contributed by atoms with Crippen molar-refractivity contribution < 1.29 is 0 Å². The Morgan fingerprint density at radius 3 is 1.85 bits per heavy atom. The Bertz CT molecular complexity index is 417. The molecule has 1 aromatic carbocycles. The summed E-state index contributed by atoms with van der Waals surface area (Å²) in [6.45, 7) is 4.62. The fourth-order valence-electron chi connectivity index (χ4n) is 3.81. The number of benzene rings is 1. The van der Waals surface area contributed by atoms with E-state index in [-0.39, 0.29) is 0 Å². The monoisotopic (exact) mass is 356 g/mol. The van der Waals surface area contributed by atoms with Crippen LogP contribution in [-0.2, 0) is 0 Å². The molecule has 1 aromatic rings. The molecule has 0 aliphatic rings. The molecule has 0 saturated carbocycles. The van der Waals surface area contributed by atoms with Gasteiger partial charge < -0.3 is 0 Å². The molecule has 1 atom stereocenters. The summed E-state index contributed by atoms with van der Waals surface area (Å²) >= 11 is 0. The maximum atomic E-state index is 2.37. The van der Waals surface area contributed by atoms with Crippen LogP contribution in [0.4, 0.5) is 0 Å². The van der Waals surface area contributed by atoms with Gasteiger partial charge in [0.2, 0.25) is 0 Å². The van der Waals surface area contributed by atoms with E-state index in [4.69, 9.17) is 0 Å². The van der Waals surface area contributed by atoms with E-state index in [1.165, 1.54) is 102 Å². The molecule has 0 radical (unpaired) electrons. The standard InChI is InChI=1S/C26H44/c1-3-5-7-9-10-14-20-25(19-13-8-6-4-2)21-15-11-16-22-26-23-17-12-18-24-26/h12,16-18,22-25H,3-11,13-15,19-21H2,1-2H3. The Hall–Kier alpha value is -1.04. The van der Waals surface area contributed by atoms with Gasteiger partial charge in [0.05, 0.1) is 0 Å². The van der Waals surface area contributed by atoms with E-state index in [9.17, 15) is 0 Å². The lowest BCUT2D eigenvalue weighted by Crippen LogP contribution is -2.01. The van der Waals surface area contributed by atoms with Gasteiger partial charge in [0.15, 0.2) is 0 Å². The summed E-state index contributed by atoms with van der Waals surface area (Å²) in [7, 11) is 0. The highest BCUT2D eigenvalue weighted by atomic mass is 14.1. The molecule has 0 aliphatic carbocycles. The van der Waals surface area contributed by atoms with E-state index in [1.54, 1.807) is 0 Å². The molecule has 0 spiro atoms. The average molecular weight is 357 g/mol. The van der Waals surface area contributed by atoms with Gasteiger partial charge in [0, 0.05) is 0 Å². The second kappa shape index (κ2) is 17.4. The van der Waals surface area contributed by atoms with Crippen molar-refractivity contribution in [1.82, 2.24) is 0 Å². The molecule has 0 heteroatoms. The van der Waals surface area contributed by atoms with E-state index in [1.807, 2.05) is 0 Å². The lowest BCUT2D eigenvalue weighted by Gasteiger charge is -2.16. The zero-order valence-electron chi connectivity index (χ0n) is 17.7. The number of allylic oxidation sites excluding steroid dienone is 1. The maximum absolute atomic E-state index is 2.37. The highest BCUT2D eigenvalue weighted by molar-refractivity contribution is 5.48. The second-order valence-corrected chi connectivity index (χ2v) is 8.02. The fourth-order valence-corrected chi connectivity index (χ4v) is 3.81. The molecule has 0 amide bonds. The van der Waals surface area contributed by atoms with Crippen molar-refractivity contribution in [2.45, 2.75) is 110 Å². The van der Waals surface area contributed by atoms with E-state index >= 15 is 0 Å². The van der Waals surface area contributed by atoms with Crippen LogP contribution in [0.3, 0.4) is 0 Å². The first kappa shape index (κ1) is 23.0. The highest BCUT2D eigenvalue weighted by Crippen LogP contribution is 2.24. The van der Waals surface area contributed by atoms with Gasteiger partial charge >= 0.3 is 0 Å². The SMILES string of the molecule is CCCCCCCCC(CCCC=Cc1ccccc1)CCCCCC. The second-order valence-electron chi connectivity index (χ2n) is 8.02. The van der Waals surface area contributed by atoms with Gasteiger partial charge in [-0.2, -0.15) is 0 Å². The number of hydrogen-bond donors (Lipinski definition) is 0. The first-order valence-corrected chi connectivity index (χ1v) is 11.6. The van der Waals surface area contributed by atoms with Crippen LogP contribution in [0, 0.1) is 5.92 Å². The summed E-state index contributed by atoms with van der Waals surface area (Å²) in [5.74, 6) is 0.975. The lowest BCUT2D eigenvalue weighted by atomic mass is 9.90. The van der Waals surface area contributed by atoms with Gasteiger partial charge in [0.1, 0.15) is 0 Å². The zero-order chi connectivity index (χ0) is 18.7. The molecule has 0 N–H and O–H groups in total.